The molecule has 1 fully saturated rings. The predicted octanol–water partition coefficient (Wildman–Crippen LogP) is 1.71. The van der Waals surface area contributed by atoms with Crippen molar-refractivity contribution in [3.05, 3.63) is 66.0 Å². The molecular formula is C19H18FN3O3. The van der Waals surface area contributed by atoms with Crippen LogP contribution < -0.4 is 15.8 Å². The summed E-state index contributed by atoms with van der Waals surface area (Å²) in [5.41, 5.74) is 6.45. The number of hydrazine groups is 1. The quantitative estimate of drug-likeness (QED) is 0.611. The molecule has 7 heteroatoms. The van der Waals surface area contributed by atoms with Crippen molar-refractivity contribution in [2.24, 2.45) is 0 Å². The van der Waals surface area contributed by atoms with Gasteiger partial charge in [-0.2, -0.15) is 0 Å². The number of aryl methyl sites for hydroxylation is 1. The summed E-state index contributed by atoms with van der Waals surface area (Å²) < 4.78 is 13.0. The number of imide groups is 1. The zero-order valence-electron chi connectivity index (χ0n) is 13.9. The molecule has 0 bridgehead atoms. The molecule has 1 saturated heterocycles. The zero-order chi connectivity index (χ0) is 18.5. The van der Waals surface area contributed by atoms with Gasteiger partial charge in [0.15, 0.2) is 0 Å². The summed E-state index contributed by atoms with van der Waals surface area (Å²) in [5.74, 6) is -1.61. The van der Waals surface area contributed by atoms with E-state index in [1.807, 2.05) is 30.3 Å². The van der Waals surface area contributed by atoms with E-state index in [0.29, 0.717) is 12.1 Å². The number of nitrogens with zero attached hydrogens (tertiary/aromatic N) is 1. The Morgan fingerprint density at radius 3 is 2.46 bits per heavy atom. The Bertz CT molecular complexity index is 809. The molecule has 1 unspecified atom stereocenters. The normalized spacial score (nSPS) is 16.8. The lowest BCUT2D eigenvalue weighted by Crippen LogP contribution is -2.48. The van der Waals surface area contributed by atoms with Gasteiger partial charge < -0.3 is 0 Å². The van der Waals surface area contributed by atoms with E-state index >= 15 is 0 Å². The van der Waals surface area contributed by atoms with Crippen LogP contribution in [0.25, 0.3) is 0 Å². The monoisotopic (exact) mass is 355 g/mol. The molecule has 0 radical (unpaired) electrons. The molecular weight excluding hydrogens is 337 g/mol. The van der Waals surface area contributed by atoms with E-state index in [1.165, 1.54) is 24.3 Å². The summed E-state index contributed by atoms with van der Waals surface area (Å²) in [6, 6.07) is 13.8. The van der Waals surface area contributed by atoms with E-state index in [0.717, 1.165) is 10.5 Å². The molecule has 6 nitrogen and oxygen atoms in total. The fourth-order valence-corrected chi connectivity index (χ4v) is 2.74. The lowest BCUT2D eigenvalue weighted by atomic mass is 10.1. The van der Waals surface area contributed by atoms with Crippen LogP contribution in [-0.4, -0.2) is 23.8 Å². The number of nitrogens with one attached hydrogen (secondary N) is 2. The molecule has 1 atom stereocenters. The van der Waals surface area contributed by atoms with Crippen LogP contribution in [0, 0.1) is 5.82 Å². The molecule has 3 rings (SSSR count). The molecule has 0 saturated carbocycles. The third-order valence-electron chi connectivity index (χ3n) is 4.10. The molecule has 1 aliphatic heterocycles. The van der Waals surface area contributed by atoms with Crippen molar-refractivity contribution in [1.29, 1.82) is 0 Å². The topological polar surface area (TPSA) is 78.5 Å². The van der Waals surface area contributed by atoms with Gasteiger partial charge in [0.25, 0.3) is 5.91 Å². The van der Waals surface area contributed by atoms with Gasteiger partial charge in [-0.15, -0.1) is 0 Å². The highest BCUT2D eigenvalue weighted by Gasteiger charge is 2.39. The fraction of sp³-hybridized carbons (Fsp3) is 0.211. The predicted molar refractivity (Wildman–Crippen MR) is 93.3 cm³/mol. The van der Waals surface area contributed by atoms with E-state index in [1.54, 1.807) is 0 Å². The Morgan fingerprint density at radius 1 is 1.08 bits per heavy atom. The summed E-state index contributed by atoms with van der Waals surface area (Å²) in [7, 11) is 0. The van der Waals surface area contributed by atoms with Crippen LogP contribution in [0.15, 0.2) is 54.6 Å². The fourth-order valence-electron chi connectivity index (χ4n) is 2.74. The van der Waals surface area contributed by atoms with E-state index in [-0.39, 0.29) is 18.7 Å². The van der Waals surface area contributed by atoms with Crippen LogP contribution in [-0.2, 0) is 20.8 Å². The number of amides is 3. The average molecular weight is 355 g/mol. The molecule has 0 spiro atoms. The Labute approximate surface area is 150 Å². The molecule has 3 amide bonds. The molecule has 2 aromatic carbocycles. The number of benzene rings is 2. The van der Waals surface area contributed by atoms with Crippen molar-refractivity contribution in [3.63, 3.8) is 0 Å². The van der Waals surface area contributed by atoms with Crippen LogP contribution in [0.3, 0.4) is 0 Å². The van der Waals surface area contributed by atoms with Crippen molar-refractivity contribution in [1.82, 2.24) is 10.9 Å². The zero-order valence-corrected chi connectivity index (χ0v) is 13.9. The minimum absolute atomic E-state index is 0.0742. The van der Waals surface area contributed by atoms with E-state index < -0.39 is 23.7 Å². The molecule has 2 N–H and O–H groups in total. The molecule has 26 heavy (non-hydrogen) atoms. The van der Waals surface area contributed by atoms with Gasteiger partial charge in [-0.1, -0.05) is 30.3 Å². The van der Waals surface area contributed by atoms with Gasteiger partial charge in [0, 0.05) is 6.42 Å². The third kappa shape index (κ3) is 4.12. The Hall–Kier alpha value is -3.06. The number of halogens is 1. The summed E-state index contributed by atoms with van der Waals surface area (Å²) in [6.07, 6.45) is 0.760. The number of hydrogen-bond donors (Lipinski definition) is 2. The number of rotatable bonds is 6. The molecule has 1 aliphatic rings. The lowest BCUT2D eigenvalue weighted by molar-refractivity contribution is -0.123. The first kappa shape index (κ1) is 17.8. The van der Waals surface area contributed by atoms with Crippen molar-refractivity contribution < 1.29 is 18.8 Å². The second-order valence-electron chi connectivity index (χ2n) is 5.98. The van der Waals surface area contributed by atoms with E-state index in [9.17, 15) is 18.8 Å². The van der Waals surface area contributed by atoms with Crippen LogP contribution in [0.2, 0.25) is 0 Å². The lowest BCUT2D eigenvalue weighted by Gasteiger charge is -2.16. The second-order valence-corrected chi connectivity index (χ2v) is 5.98. The summed E-state index contributed by atoms with van der Waals surface area (Å²) in [5, 5.41) is 0. The highest BCUT2D eigenvalue weighted by atomic mass is 19.1. The van der Waals surface area contributed by atoms with Crippen molar-refractivity contribution in [3.8, 4) is 0 Å². The maximum atomic E-state index is 13.0. The maximum absolute atomic E-state index is 13.0. The van der Waals surface area contributed by atoms with Crippen LogP contribution in [0.5, 0.6) is 0 Å². The highest BCUT2D eigenvalue weighted by Crippen LogP contribution is 2.22. The van der Waals surface area contributed by atoms with Gasteiger partial charge in [-0.3, -0.25) is 19.8 Å². The van der Waals surface area contributed by atoms with Crippen molar-refractivity contribution in [2.45, 2.75) is 25.3 Å². The van der Waals surface area contributed by atoms with Crippen molar-refractivity contribution >= 4 is 23.4 Å². The summed E-state index contributed by atoms with van der Waals surface area (Å²) in [4.78, 5) is 37.4. The van der Waals surface area contributed by atoms with Crippen LogP contribution in [0.1, 0.15) is 18.4 Å². The van der Waals surface area contributed by atoms with Crippen LogP contribution in [0.4, 0.5) is 10.1 Å². The van der Waals surface area contributed by atoms with Gasteiger partial charge in [0.05, 0.1) is 12.1 Å². The Kier molecular flexibility index (Phi) is 5.38. The second kappa shape index (κ2) is 7.88. The Balaban J connectivity index is 1.52. The third-order valence-corrected chi connectivity index (χ3v) is 4.10. The summed E-state index contributed by atoms with van der Waals surface area (Å²) >= 11 is 0. The largest absolute Gasteiger partial charge is 0.291 e. The molecule has 134 valence electrons. The van der Waals surface area contributed by atoms with E-state index in [2.05, 4.69) is 10.9 Å². The van der Waals surface area contributed by atoms with Gasteiger partial charge in [-0.25, -0.2) is 14.7 Å². The molecule has 0 aliphatic carbocycles. The minimum atomic E-state index is -0.840. The number of carbonyl (C=O) groups is 3. The van der Waals surface area contributed by atoms with Crippen molar-refractivity contribution in [2.75, 3.05) is 4.90 Å². The number of carbonyl (C=O) groups excluding carboxylic acids is 3. The molecule has 0 aromatic heterocycles. The standard InChI is InChI=1S/C19H18FN3O3/c20-14-7-9-15(10-8-14)23-18(25)12-16(19(23)26)21-22-17(24)11-6-13-4-2-1-3-5-13/h1-5,7-10,16,21H,6,11-12H2,(H,22,24). The average Bonchev–Trinajstić information content (AvgIpc) is 2.93. The SMILES string of the molecule is O=C(CCc1ccccc1)NNC1CC(=O)N(c2ccc(F)cc2)C1=O. The van der Waals surface area contributed by atoms with Gasteiger partial charge in [-0.05, 0) is 36.2 Å². The first-order chi connectivity index (χ1) is 12.5. The first-order valence-electron chi connectivity index (χ1n) is 8.25. The highest BCUT2D eigenvalue weighted by molar-refractivity contribution is 6.22. The summed E-state index contributed by atoms with van der Waals surface area (Å²) in [6.45, 7) is 0. The minimum Gasteiger partial charge on any atom is -0.291 e. The van der Waals surface area contributed by atoms with Gasteiger partial charge in [0.1, 0.15) is 11.9 Å². The van der Waals surface area contributed by atoms with E-state index in [4.69, 9.17) is 0 Å². The number of anilines is 1. The number of hydrogen-bond acceptors (Lipinski definition) is 4. The van der Waals surface area contributed by atoms with Gasteiger partial charge in [0.2, 0.25) is 11.8 Å². The maximum Gasteiger partial charge on any atom is 0.253 e. The molecule has 1 heterocycles. The first-order valence-corrected chi connectivity index (χ1v) is 8.25. The Morgan fingerprint density at radius 2 is 1.77 bits per heavy atom. The van der Waals surface area contributed by atoms with Crippen LogP contribution >= 0.6 is 0 Å². The van der Waals surface area contributed by atoms with Gasteiger partial charge >= 0.3 is 0 Å². The molecule has 2 aromatic rings. The smallest absolute Gasteiger partial charge is 0.253 e.